The number of hydrogen-bond acceptors (Lipinski definition) is 4. The van der Waals surface area contributed by atoms with Gasteiger partial charge in [-0.1, -0.05) is 0 Å². The third-order valence-corrected chi connectivity index (χ3v) is 6.39. The normalized spacial score (nSPS) is 28.6. The Bertz CT molecular complexity index is 689. The molecule has 1 aromatic carbocycles. The molecule has 0 saturated heterocycles. The van der Waals surface area contributed by atoms with Crippen LogP contribution < -0.4 is 17.2 Å². The molecule has 0 heterocycles. The number of amides is 2. The van der Waals surface area contributed by atoms with Gasteiger partial charge in [0.1, 0.15) is 0 Å². The van der Waals surface area contributed by atoms with Gasteiger partial charge in [-0.05, 0) is 81.0 Å². The van der Waals surface area contributed by atoms with E-state index < -0.39 is 5.91 Å². The molecule has 2 amide bonds. The molecule has 0 bridgehead atoms. The van der Waals surface area contributed by atoms with Crippen molar-refractivity contribution in [1.29, 1.82) is 0 Å². The summed E-state index contributed by atoms with van der Waals surface area (Å²) in [6.45, 7) is 0. The molecule has 148 valence electrons. The lowest BCUT2D eigenvalue weighted by atomic mass is 9.79. The molecule has 0 aliphatic heterocycles. The molecule has 0 spiro atoms. The lowest BCUT2D eigenvalue weighted by Gasteiger charge is -2.34. The predicted molar refractivity (Wildman–Crippen MR) is 106 cm³/mol. The second-order valence-electron chi connectivity index (χ2n) is 8.26. The van der Waals surface area contributed by atoms with E-state index in [1.807, 2.05) is 18.0 Å². The van der Waals surface area contributed by atoms with Gasteiger partial charge in [-0.25, -0.2) is 0 Å². The Morgan fingerprint density at radius 3 is 2.04 bits per heavy atom. The molecule has 1 aromatic rings. The van der Waals surface area contributed by atoms with E-state index in [4.69, 9.17) is 17.2 Å². The van der Waals surface area contributed by atoms with Crippen LogP contribution in [0.3, 0.4) is 0 Å². The van der Waals surface area contributed by atoms with E-state index >= 15 is 0 Å². The molecule has 0 aromatic heterocycles. The third kappa shape index (κ3) is 4.50. The minimum Gasteiger partial charge on any atom is -0.366 e. The monoisotopic (exact) mass is 372 g/mol. The smallest absolute Gasteiger partial charge is 0.253 e. The molecule has 0 radical (unpaired) electrons. The van der Waals surface area contributed by atoms with E-state index in [-0.39, 0.29) is 30.0 Å². The summed E-state index contributed by atoms with van der Waals surface area (Å²) >= 11 is 0. The summed E-state index contributed by atoms with van der Waals surface area (Å²) in [6.07, 6.45) is 7.51. The molecule has 6 nitrogen and oxygen atoms in total. The number of carbonyl (C=O) groups excluding carboxylic acids is 2. The van der Waals surface area contributed by atoms with Gasteiger partial charge in [0, 0.05) is 36.3 Å². The fourth-order valence-electron chi connectivity index (χ4n) is 4.55. The Morgan fingerprint density at radius 1 is 0.926 bits per heavy atom. The lowest BCUT2D eigenvalue weighted by Crippen LogP contribution is -2.41. The molecule has 3 rings (SSSR count). The van der Waals surface area contributed by atoms with Crippen LogP contribution in [-0.4, -0.2) is 41.9 Å². The van der Waals surface area contributed by atoms with Gasteiger partial charge in [-0.3, -0.25) is 9.59 Å². The van der Waals surface area contributed by atoms with E-state index in [2.05, 4.69) is 0 Å². The average molecular weight is 373 g/mol. The standard InChI is InChI=1S/C21H32N4O2/c1-25(17-9-7-16(23)8-10-17)21(27)14-4-11-18(20(24)26)19(12-14)13-2-5-15(22)6-3-13/h4,11-13,15-17H,2-3,5-10,22-23H2,1H3,(H2,24,26). The summed E-state index contributed by atoms with van der Waals surface area (Å²) in [6, 6.07) is 6.03. The van der Waals surface area contributed by atoms with Crippen molar-refractivity contribution in [1.82, 2.24) is 4.90 Å². The number of hydrogen-bond donors (Lipinski definition) is 3. The summed E-state index contributed by atoms with van der Waals surface area (Å²) < 4.78 is 0. The van der Waals surface area contributed by atoms with Crippen LogP contribution in [0.25, 0.3) is 0 Å². The van der Waals surface area contributed by atoms with Crippen molar-refractivity contribution in [3.63, 3.8) is 0 Å². The molecule has 2 aliphatic rings. The van der Waals surface area contributed by atoms with Gasteiger partial charge in [-0.2, -0.15) is 0 Å². The maximum absolute atomic E-state index is 13.1. The van der Waals surface area contributed by atoms with Crippen LogP contribution in [0, 0.1) is 0 Å². The van der Waals surface area contributed by atoms with Crippen LogP contribution in [0.5, 0.6) is 0 Å². The maximum atomic E-state index is 13.1. The molecule has 0 atom stereocenters. The molecule has 2 aliphatic carbocycles. The van der Waals surface area contributed by atoms with Crippen molar-refractivity contribution in [3.05, 3.63) is 34.9 Å². The summed E-state index contributed by atoms with van der Waals surface area (Å²) in [5.74, 6) is -0.202. The molecule has 27 heavy (non-hydrogen) atoms. The molecule has 0 unspecified atom stereocenters. The fraction of sp³-hybridized carbons (Fsp3) is 0.619. The maximum Gasteiger partial charge on any atom is 0.253 e. The number of rotatable bonds is 4. The topological polar surface area (TPSA) is 115 Å². The Hall–Kier alpha value is -1.92. The minimum absolute atomic E-state index is 0.000234. The van der Waals surface area contributed by atoms with Crippen molar-refractivity contribution in [2.24, 2.45) is 17.2 Å². The van der Waals surface area contributed by atoms with E-state index in [0.29, 0.717) is 11.1 Å². The number of benzene rings is 1. The first-order chi connectivity index (χ1) is 12.9. The molecule has 2 saturated carbocycles. The summed E-state index contributed by atoms with van der Waals surface area (Å²) in [5, 5.41) is 0. The largest absolute Gasteiger partial charge is 0.366 e. The van der Waals surface area contributed by atoms with Crippen LogP contribution >= 0.6 is 0 Å². The Labute approximate surface area is 161 Å². The minimum atomic E-state index is -0.437. The highest BCUT2D eigenvalue weighted by Crippen LogP contribution is 2.35. The van der Waals surface area contributed by atoms with E-state index in [9.17, 15) is 9.59 Å². The second kappa shape index (κ2) is 8.40. The lowest BCUT2D eigenvalue weighted by molar-refractivity contribution is 0.0689. The van der Waals surface area contributed by atoms with Gasteiger partial charge >= 0.3 is 0 Å². The number of carbonyl (C=O) groups is 2. The molecule has 6 N–H and O–H groups in total. The van der Waals surface area contributed by atoms with Crippen molar-refractivity contribution in [2.45, 2.75) is 75.4 Å². The Morgan fingerprint density at radius 2 is 1.48 bits per heavy atom. The van der Waals surface area contributed by atoms with Gasteiger partial charge in [0.2, 0.25) is 5.91 Å². The molecule has 2 fully saturated rings. The van der Waals surface area contributed by atoms with Gasteiger partial charge in [0.05, 0.1) is 0 Å². The van der Waals surface area contributed by atoms with Gasteiger partial charge < -0.3 is 22.1 Å². The van der Waals surface area contributed by atoms with Crippen molar-refractivity contribution < 1.29 is 9.59 Å². The zero-order valence-electron chi connectivity index (χ0n) is 16.2. The highest BCUT2D eigenvalue weighted by atomic mass is 16.2. The first kappa shape index (κ1) is 19.8. The Kier molecular flexibility index (Phi) is 6.17. The van der Waals surface area contributed by atoms with Crippen molar-refractivity contribution in [2.75, 3.05) is 7.05 Å². The molecule has 6 heteroatoms. The number of primary amides is 1. The summed E-state index contributed by atoms with van der Waals surface area (Å²) in [7, 11) is 1.87. The van der Waals surface area contributed by atoms with Gasteiger partial charge in [0.25, 0.3) is 5.91 Å². The highest BCUT2D eigenvalue weighted by Gasteiger charge is 2.28. The van der Waals surface area contributed by atoms with Crippen molar-refractivity contribution in [3.8, 4) is 0 Å². The van der Waals surface area contributed by atoms with Gasteiger partial charge in [-0.15, -0.1) is 0 Å². The zero-order chi connectivity index (χ0) is 19.6. The third-order valence-electron chi connectivity index (χ3n) is 6.39. The summed E-state index contributed by atoms with van der Waals surface area (Å²) in [5.41, 5.74) is 19.7. The average Bonchev–Trinajstić information content (AvgIpc) is 2.67. The molecular formula is C21H32N4O2. The van der Waals surface area contributed by atoms with Gasteiger partial charge in [0.15, 0.2) is 0 Å². The van der Waals surface area contributed by atoms with Crippen molar-refractivity contribution >= 4 is 11.8 Å². The molecular weight excluding hydrogens is 340 g/mol. The number of nitrogens with zero attached hydrogens (tertiary/aromatic N) is 1. The first-order valence-electron chi connectivity index (χ1n) is 10.1. The zero-order valence-corrected chi connectivity index (χ0v) is 16.2. The first-order valence-corrected chi connectivity index (χ1v) is 10.1. The SMILES string of the molecule is CN(C(=O)c1ccc(C(N)=O)c(C2CCC(N)CC2)c1)C1CCC(N)CC1. The van der Waals surface area contributed by atoms with Crippen LogP contribution in [0.4, 0.5) is 0 Å². The van der Waals surface area contributed by atoms with E-state index in [1.54, 1.807) is 12.1 Å². The van der Waals surface area contributed by atoms with Crippen LogP contribution in [0.1, 0.15) is 83.6 Å². The van der Waals surface area contributed by atoms with E-state index in [1.165, 1.54) is 0 Å². The number of nitrogens with two attached hydrogens (primary N) is 3. The second-order valence-corrected chi connectivity index (χ2v) is 8.26. The van der Waals surface area contributed by atoms with Crippen LogP contribution in [-0.2, 0) is 0 Å². The quantitative estimate of drug-likeness (QED) is 0.750. The van der Waals surface area contributed by atoms with Crippen LogP contribution in [0.2, 0.25) is 0 Å². The highest BCUT2D eigenvalue weighted by molar-refractivity contribution is 5.98. The van der Waals surface area contributed by atoms with Crippen LogP contribution in [0.15, 0.2) is 18.2 Å². The Balaban J connectivity index is 1.82. The predicted octanol–water partition coefficient (Wildman–Crippen LogP) is 2.11. The fourth-order valence-corrected chi connectivity index (χ4v) is 4.55. The van der Waals surface area contributed by atoms with E-state index in [0.717, 1.165) is 56.9 Å². The summed E-state index contributed by atoms with van der Waals surface area (Å²) in [4.78, 5) is 26.8.